The van der Waals surface area contributed by atoms with Crippen LogP contribution in [0.25, 0.3) is 22.0 Å². The summed E-state index contributed by atoms with van der Waals surface area (Å²) in [4.78, 5) is 8.75. The third-order valence-electron chi connectivity index (χ3n) is 4.11. The van der Waals surface area contributed by atoms with Crippen molar-refractivity contribution in [3.8, 4) is 0 Å². The Hall–Kier alpha value is -2.96. The Morgan fingerprint density at radius 1 is 1.12 bits per heavy atom. The molecule has 0 spiro atoms. The Bertz CT molecular complexity index is 1030. The summed E-state index contributed by atoms with van der Waals surface area (Å²) < 4.78 is 7.26. The largest absolute Gasteiger partial charge is 0.369 e. The first kappa shape index (κ1) is 15.6. The zero-order valence-corrected chi connectivity index (χ0v) is 14.5. The van der Waals surface area contributed by atoms with Gasteiger partial charge in [0.05, 0.1) is 22.8 Å². The van der Waals surface area contributed by atoms with Gasteiger partial charge in [0.25, 0.3) is 0 Å². The highest BCUT2D eigenvalue weighted by Gasteiger charge is 2.19. The Morgan fingerprint density at radius 3 is 2.80 bits per heavy atom. The number of anilines is 1. The van der Waals surface area contributed by atoms with E-state index in [1.807, 2.05) is 35.1 Å². The molecule has 25 heavy (non-hydrogen) atoms. The fraction of sp³-hybridized carbons (Fsp3) is 0.333. The van der Waals surface area contributed by atoms with Crippen LogP contribution in [0, 0.1) is 0 Å². The van der Waals surface area contributed by atoms with Crippen LogP contribution in [0.2, 0.25) is 0 Å². The molecule has 0 fully saturated rings. The number of nitrogens with zero attached hydrogens (tertiary/aromatic N) is 5. The van der Waals surface area contributed by atoms with Crippen molar-refractivity contribution in [3.63, 3.8) is 0 Å². The standard InChI is InChI=1S/C18H20N6O/c1-18(2,3)24-17-13(10-22-24)16(20-11-21-17)19-9-8-14-12-6-4-5-7-15(12)25-23-14/h4-7,10-11H,8-9H2,1-3H3,(H,19,20,21). The first-order valence-electron chi connectivity index (χ1n) is 8.30. The Kier molecular flexibility index (Phi) is 3.63. The molecule has 0 unspecified atom stereocenters. The van der Waals surface area contributed by atoms with E-state index in [9.17, 15) is 0 Å². The van der Waals surface area contributed by atoms with Crippen LogP contribution >= 0.6 is 0 Å². The second kappa shape index (κ2) is 5.84. The maximum absolute atomic E-state index is 5.35. The number of hydrogen-bond acceptors (Lipinski definition) is 6. The van der Waals surface area contributed by atoms with Crippen molar-refractivity contribution in [1.82, 2.24) is 24.9 Å². The molecular weight excluding hydrogens is 316 g/mol. The van der Waals surface area contributed by atoms with Gasteiger partial charge in [-0.1, -0.05) is 17.3 Å². The minimum absolute atomic E-state index is 0.132. The number of hydrogen-bond donors (Lipinski definition) is 1. The van der Waals surface area contributed by atoms with Crippen molar-refractivity contribution in [2.75, 3.05) is 11.9 Å². The van der Waals surface area contributed by atoms with Crippen LogP contribution in [0.1, 0.15) is 26.5 Å². The van der Waals surface area contributed by atoms with Gasteiger partial charge in [-0.15, -0.1) is 0 Å². The van der Waals surface area contributed by atoms with Crippen molar-refractivity contribution < 1.29 is 4.52 Å². The summed E-state index contributed by atoms with van der Waals surface area (Å²) in [7, 11) is 0. The van der Waals surface area contributed by atoms with E-state index in [1.165, 1.54) is 0 Å². The molecule has 1 N–H and O–H groups in total. The Morgan fingerprint density at radius 2 is 1.96 bits per heavy atom. The van der Waals surface area contributed by atoms with Gasteiger partial charge in [0.1, 0.15) is 12.1 Å². The Balaban J connectivity index is 1.54. The molecule has 0 aliphatic carbocycles. The summed E-state index contributed by atoms with van der Waals surface area (Å²) >= 11 is 0. The van der Waals surface area contributed by atoms with Gasteiger partial charge >= 0.3 is 0 Å². The first-order chi connectivity index (χ1) is 12.0. The van der Waals surface area contributed by atoms with E-state index in [2.05, 4.69) is 46.3 Å². The lowest BCUT2D eigenvalue weighted by Crippen LogP contribution is -2.23. The third kappa shape index (κ3) is 2.82. The molecule has 0 saturated heterocycles. The molecule has 0 bridgehead atoms. The number of nitrogens with one attached hydrogen (secondary N) is 1. The van der Waals surface area contributed by atoms with Gasteiger partial charge in [-0.05, 0) is 32.9 Å². The molecule has 3 aromatic heterocycles. The number of aromatic nitrogens is 5. The number of fused-ring (bicyclic) bond motifs is 2. The van der Waals surface area contributed by atoms with Crippen LogP contribution in [0.3, 0.4) is 0 Å². The minimum atomic E-state index is -0.132. The lowest BCUT2D eigenvalue weighted by molar-refractivity contribution is 0.366. The average Bonchev–Trinajstić information content (AvgIpc) is 3.19. The van der Waals surface area contributed by atoms with Crippen molar-refractivity contribution in [1.29, 1.82) is 0 Å². The molecule has 0 radical (unpaired) electrons. The third-order valence-corrected chi connectivity index (χ3v) is 4.11. The van der Waals surface area contributed by atoms with Crippen molar-refractivity contribution in [2.45, 2.75) is 32.7 Å². The first-order valence-corrected chi connectivity index (χ1v) is 8.30. The molecule has 4 aromatic rings. The van der Waals surface area contributed by atoms with Gasteiger partial charge in [0.2, 0.25) is 0 Å². The zero-order chi connectivity index (χ0) is 17.4. The van der Waals surface area contributed by atoms with Gasteiger partial charge in [-0.3, -0.25) is 0 Å². The fourth-order valence-corrected chi connectivity index (χ4v) is 2.89. The molecule has 4 rings (SSSR count). The second-order valence-electron chi connectivity index (χ2n) is 6.99. The molecule has 0 aliphatic rings. The summed E-state index contributed by atoms with van der Waals surface area (Å²) in [5, 5.41) is 14.0. The van der Waals surface area contributed by atoms with Crippen molar-refractivity contribution >= 4 is 27.8 Å². The van der Waals surface area contributed by atoms with Crippen LogP contribution in [-0.2, 0) is 12.0 Å². The zero-order valence-electron chi connectivity index (χ0n) is 14.5. The molecule has 3 heterocycles. The average molecular weight is 336 g/mol. The predicted octanol–water partition coefficient (Wildman–Crippen LogP) is 3.38. The fourth-order valence-electron chi connectivity index (χ4n) is 2.89. The van der Waals surface area contributed by atoms with E-state index < -0.39 is 0 Å². The monoisotopic (exact) mass is 336 g/mol. The normalized spacial score (nSPS) is 12.1. The van der Waals surface area contributed by atoms with Gasteiger partial charge in [0.15, 0.2) is 11.2 Å². The number of rotatable bonds is 4. The summed E-state index contributed by atoms with van der Waals surface area (Å²) in [6.07, 6.45) is 4.13. The van der Waals surface area contributed by atoms with E-state index in [-0.39, 0.29) is 5.54 Å². The van der Waals surface area contributed by atoms with Crippen molar-refractivity contribution in [2.24, 2.45) is 0 Å². The molecule has 7 nitrogen and oxygen atoms in total. The van der Waals surface area contributed by atoms with E-state index in [4.69, 9.17) is 4.52 Å². The van der Waals surface area contributed by atoms with Gasteiger partial charge in [-0.25, -0.2) is 14.6 Å². The highest BCUT2D eigenvalue weighted by atomic mass is 16.5. The molecule has 0 aliphatic heterocycles. The maximum Gasteiger partial charge on any atom is 0.167 e. The lowest BCUT2D eigenvalue weighted by atomic mass is 10.1. The summed E-state index contributed by atoms with van der Waals surface area (Å²) in [6.45, 7) is 7.00. The van der Waals surface area contributed by atoms with E-state index >= 15 is 0 Å². The molecule has 0 saturated carbocycles. The lowest BCUT2D eigenvalue weighted by Gasteiger charge is -2.19. The van der Waals surface area contributed by atoms with Crippen LogP contribution in [0.15, 0.2) is 41.3 Å². The molecular formula is C18H20N6O. The predicted molar refractivity (Wildman–Crippen MR) is 96.5 cm³/mol. The Labute approximate surface area is 145 Å². The molecule has 128 valence electrons. The topological polar surface area (TPSA) is 81.7 Å². The summed E-state index contributed by atoms with van der Waals surface area (Å²) in [5.74, 6) is 0.785. The van der Waals surface area contributed by atoms with Gasteiger partial charge < -0.3 is 9.84 Å². The smallest absolute Gasteiger partial charge is 0.167 e. The van der Waals surface area contributed by atoms with E-state index in [0.717, 1.165) is 39.9 Å². The van der Waals surface area contributed by atoms with Crippen LogP contribution in [0.4, 0.5) is 5.82 Å². The van der Waals surface area contributed by atoms with Crippen LogP contribution in [0.5, 0.6) is 0 Å². The maximum atomic E-state index is 5.35. The van der Waals surface area contributed by atoms with Crippen molar-refractivity contribution in [3.05, 3.63) is 42.5 Å². The van der Waals surface area contributed by atoms with E-state index in [1.54, 1.807) is 6.33 Å². The van der Waals surface area contributed by atoms with Gasteiger partial charge in [-0.2, -0.15) is 5.10 Å². The van der Waals surface area contributed by atoms with Crippen LogP contribution < -0.4 is 5.32 Å². The highest BCUT2D eigenvalue weighted by Crippen LogP contribution is 2.24. The quantitative estimate of drug-likeness (QED) is 0.615. The summed E-state index contributed by atoms with van der Waals surface area (Å²) in [6, 6.07) is 7.89. The van der Waals surface area contributed by atoms with E-state index in [0.29, 0.717) is 6.54 Å². The SMILES string of the molecule is CC(C)(C)n1ncc2c(NCCc3noc4ccccc34)ncnc21. The minimum Gasteiger partial charge on any atom is -0.369 e. The molecule has 1 aromatic carbocycles. The van der Waals surface area contributed by atoms with Crippen LogP contribution in [-0.4, -0.2) is 31.4 Å². The molecule has 0 atom stereocenters. The number of para-hydroxylation sites is 1. The number of benzene rings is 1. The molecule has 7 heteroatoms. The highest BCUT2D eigenvalue weighted by molar-refractivity contribution is 5.86. The van der Waals surface area contributed by atoms with Gasteiger partial charge in [0, 0.05) is 18.4 Å². The summed E-state index contributed by atoms with van der Waals surface area (Å²) in [5.41, 5.74) is 2.46. The second-order valence-corrected chi connectivity index (χ2v) is 6.99. The molecule has 0 amide bonds.